The number of carbonyl (C=O) groups excluding carboxylic acids is 1. The first-order valence-electron chi connectivity index (χ1n) is 6.69. The first-order valence-corrected chi connectivity index (χ1v) is 6.69. The Bertz CT molecular complexity index is 380. The van der Waals surface area contributed by atoms with E-state index in [1.54, 1.807) is 18.2 Å². The van der Waals surface area contributed by atoms with E-state index in [4.69, 9.17) is 0 Å². The van der Waals surface area contributed by atoms with Crippen LogP contribution in [0.2, 0.25) is 0 Å². The van der Waals surface area contributed by atoms with Gasteiger partial charge in [-0.1, -0.05) is 30.3 Å². The quantitative estimate of drug-likeness (QED) is 0.702. The van der Waals surface area contributed by atoms with Crippen LogP contribution >= 0.6 is 0 Å². The standard InChI is InChI=1S/C8H16N.C7H6O2/c1-9-5-2-8(3-6-9)4-7-9;8-7(9)6-4-2-1-3-5-6/h8H,2-7H2,1H3;1-5H,(H,8,9)/q+1;/p-1. The molecule has 0 aromatic heterocycles. The zero-order valence-electron chi connectivity index (χ0n) is 11.0. The first-order chi connectivity index (χ1) is 8.59. The summed E-state index contributed by atoms with van der Waals surface area (Å²) in [5.41, 5.74) is 0.220. The molecule has 1 aromatic carbocycles. The molecule has 18 heavy (non-hydrogen) atoms. The number of carboxylic acid groups (broad SMARTS) is 1. The highest BCUT2D eigenvalue weighted by molar-refractivity contribution is 5.85. The van der Waals surface area contributed by atoms with Gasteiger partial charge in [-0.25, -0.2) is 0 Å². The Hall–Kier alpha value is -1.35. The Balaban J connectivity index is 0.000000134. The Morgan fingerprint density at radius 1 is 1.11 bits per heavy atom. The predicted molar refractivity (Wildman–Crippen MR) is 68.9 cm³/mol. The summed E-state index contributed by atoms with van der Waals surface area (Å²) in [6.07, 6.45) is 4.53. The molecule has 3 fully saturated rings. The van der Waals surface area contributed by atoms with E-state index in [1.165, 1.54) is 55.5 Å². The lowest BCUT2D eigenvalue weighted by Gasteiger charge is -2.46. The minimum Gasteiger partial charge on any atom is -0.545 e. The van der Waals surface area contributed by atoms with Crippen LogP contribution in [0.4, 0.5) is 0 Å². The van der Waals surface area contributed by atoms with Crippen LogP contribution in [0, 0.1) is 5.92 Å². The summed E-state index contributed by atoms with van der Waals surface area (Å²) in [6, 6.07) is 8.06. The lowest BCUT2D eigenvalue weighted by Crippen LogP contribution is -2.55. The minimum atomic E-state index is -1.13. The number of quaternary nitrogens is 1. The van der Waals surface area contributed by atoms with E-state index in [0.29, 0.717) is 0 Å². The normalized spacial score (nSPS) is 29.3. The molecule has 3 nitrogen and oxygen atoms in total. The number of carbonyl (C=O) groups is 1. The van der Waals surface area contributed by atoms with E-state index in [2.05, 4.69) is 7.05 Å². The van der Waals surface area contributed by atoms with Crippen molar-refractivity contribution in [3.05, 3.63) is 35.9 Å². The SMILES string of the molecule is C[N+]12CCC(CC1)CC2.O=C([O-])c1ccccc1. The highest BCUT2D eigenvalue weighted by atomic mass is 16.4. The van der Waals surface area contributed by atoms with E-state index < -0.39 is 5.97 Å². The molecule has 3 heteroatoms. The zero-order chi connectivity index (χ0) is 13.0. The van der Waals surface area contributed by atoms with E-state index >= 15 is 0 Å². The Kier molecular flexibility index (Phi) is 4.02. The number of fused-ring (bicyclic) bond motifs is 3. The maximum Gasteiger partial charge on any atom is 0.0787 e. The topological polar surface area (TPSA) is 40.1 Å². The molecule has 2 bridgehead atoms. The van der Waals surface area contributed by atoms with Crippen molar-refractivity contribution in [1.29, 1.82) is 0 Å². The van der Waals surface area contributed by atoms with E-state index in [0.717, 1.165) is 5.92 Å². The van der Waals surface area contributed by atoms with Crippen molar-refractivity contribution < 1.29 is 14.4 Å². The molecule has 3 saturated heterocycles. The lowest BCUT2D eigenvalue weighted by molar-refractivity contribution is -0.924. The van der Waals surface area contributed by atoms with E-state index in [-0.39, 0.29) is 5.56 Å². The molecular formula is C15H21NO2. The second-order valence-corrected chi connectivity index (χ2v) is 5.68. The van der Waals surface area contributed by atoms with Crippen LogP contribution < -0.4 is 5.11 Å². The van der Waals surface area contributed by atoms with Gasteiger partial charge in [0, 0.05) is 0 Å². The number of nitrogens with zero attached hydrogens (tertiary/aromatic N) is 1. The first kappa shape index (κ1) is 13.1. The van der Waals surface area contributed by atoms with Crippen LogP contribution in [0.1, 0.15) is 29.6 Å². The molecule has 0 aliphatic carbocycles. The lowest BCUT2D eigenvalue weighted by atomic mass is 9.86. The predicted octanol–water partition coefficient (Wildman–Crippen LogP) is 1.30. The number of rotatable bonds is 1. The van der Waals surface area contributed by atoms with Crippen LogP contribution in [0.3, 0.4) is 0 Å². The van der Waals surface area contributed by atoms with Crippen LogP contribution in [-0.4, -0.2) is 37.1 Å². The minimum absolute atomic E-state index is 0.220. The number of benzene rings is 1. The summed E-state index contributed by atoms with van der Waals surface area (Å²) in [5.74, 6) is -0.0134. The molecule has 3 aliphatic rings. The number of carboxylic acids is 1. The van der Waals surface area contributed by atoms with Gasteiger partial charge in [0.15, 0.2) is 0 Å². The maximum atomic E-state index is 10.1. The van der Waals surface area contributed by atoms with Crippen molar-refractivity contribution in [2.75, 3.05) is 26.7 Å². The molecule has 0 saturated carbocycles. The van der Waals surface area contributed by atoms with Gasteiger partial charge in [0.25, 0.3) is 0 Å². The molecule has 0 unspecified atom stereocenters. The third kappa shape index (κ3) is 3.33. The van der Waals surface area contributed by atoms with Crippen LogP contribution in [0.15, 0.2) is 30.3 Å². The van der Waals surface area contributed by atoms with Crippen molar-refractivity contribution in [3.63, 3.8) is 0 Å². The summed E-state index contributed by atoms with van der Waals surface area (Å²) < 4.78 is 1.39. The molecular weight excluding hydrogens is 226 g/mol. The molecule has 0 amide bonds. The highest BCUT2D eigenvalue weighted by Crippen LogP contribution is 2.31. The summed E-state index contributed by atoms with van der Waals surface area (Å²) >= 11 is 0. The number of piperidine rings is 3. The Morgan fingerprint density at radius 2 is 1.61 bits per heavy atom. The van der Waals surface area contributed by atoms with Gasteiger partial charge in [-0.05, 0) is 30.7 Å². The summed E-state index contributed by atoms with van der Waals surface area (Å²) in [7, 11) is 2.41. The molecule has 3 aliphatic heterocycles. The van der Waals surface area contributed by atoms with Crippen molar-refractivity contribution in [2.45, 2.75) is 19.3 Å². The van der Waals surface area contributed by atoms with Gasteiger partial charge < -0.3 is 14.4 Å². The number of hydrogen-bond donors (Lipinski definition) is 0. The molecule has 0 atom stereocenters. The van der Waals surface area contributed by atoms with Crippen molar-refractivity contribution in [1.82, 2.24) is 0 Å². The average molecular weight is 247 g/mol. The van der Waals surface area contributed by atoms with Gasteiger partial charge in [0.2, 0.25) is 0 Å². The number of aromatic carboxylic acids is 1. The molecule has 0 N–H and O–H groups in total. The van der Waals surface area contributed by atoms with E-state index in [1.807, 2.05) is 0 Å². The van der Waals surface area contributed by atoms with Gasteiger partial charge in [-0.3, -0.25) is 0 Å². The van der Waals surface area contributed by atoms with Gasteiger partial charge in [-0.15, -0.1) is 0 Å². The van der Waals surface area contributed by atoms with Gasteiger partial charge in [0.05, 0.1) is 32.7 Å². The average Bonchev–Trinajstić information content (AvgIpc) is 2.41. The van der Waals surface area contributed by atoms with E-state index in [9.17, 15) is 9.90 Å². The van der Waals surface area contributed by atoms with Crippen molar-refractivity contribution >= 4 is 5.97 Å². The van der Waals surface area contributed by atoms with Crippen LogP contribution in [-0.2, 0) is 0 Å². The van der Waals surface area contributed by atoms with Gasteiger partial charge in [0.1, 0.15) is 0 Å². The third-order valence-electron chi connectivity index (χ3n) is 4.24. The fraction of sp³-hybridized carbons (Fsp3) is 0.533. The second kappa shape index (κ2) is 5.53. The Morgan fingerprint density at radius 3 is 1.89 bits per heavy atom. The largest absolute Gasteiger partial charge is 0.545 e. The van der Waals surface area contributed by atoms with Gasteiger partial charge in [-0.2, -0.15) is 0 Å². The molecule has 4 rings (SSSR count). The van der Waals surface area contributed by atoms with Crippen molar-refractivity contribution in [3.8, 4) is 0 Å². The molecule has 0 spiro atoms. The summed E-state index contributed by atoms with van der Waals surface area (Å²) in [6.45, 7) is 4.39. The monoisotopic (exact) mass is 247 g/mol. The number of hydrogen-bond acceptors (Lipinski definition) is 2. The molecule has 3 heterocycles. The summed E-state index contributed by atoms with van der Waals surface area (Å²) in [5, 5.41) is 10.1. The highest BCUT2D eigenvalue weighted by Gasteiger charge is 2.35. The molecule has 1 aromatic rings. The maximum absolute atomic E-state index is 10.1. The third-order valence-corrected chi connectivity index (χ3v) is 4.24. The smallest absolute Gasteiger partial charge is 0.0787 e. The second-order valence-electron chi connectivity index (χ2n) is 5.68. The summed E-state index contributed by atoms with van der Waals surface area (Å²) in [4.78, 5) is 10.1. The van der Waals surface area contributed by atoms with Crippen LogP contribution in [0.5, 0.6) is 0 Å². The zero-order valence-corrected chi connectivity index (χ0v) is 11.0. The fourth-order valence-corrected chi connectivity index (χ4v) is 2.83. The fourth-order valence-electron chi connectivity index (χ4n) is 2.83. The molecule has 98 valence electrons. The Labute approximate surface area is 109 Å². The van der Waals surface area contributed by atoms with Crippen LogP contribution in [0.25, 0.3) is 0 Å². The van der Waals surface area contributed by atoms with Crippen molar-refractivity contribution in [2.24, 2.45) is 5.92 Å². The van der Waals surface area contributed by atoms with Gasteiger partial charge >= 0.3 is 0 Å². The molecule has 0 radical (unpaired) electrons.